The number of alkyl halides is 1. The van der Waals surface area contributed by atoms with Crippen molar-refractivity contribution in [1.82, 2.24) is 10.2 Å². The van der Waals surface area contributed by atoms with Gasteiger partial charge < -0.3 is 20.6 Å². The summed E-state index contributed by atoms with van der Waals surface area (Å²) in [7, 11) is 0. The van der Waals surface area contributed by atoms with Crippen LogP contribution in [0.5, 0.6) is 0 Å². The molecule has 3 heterocycles. The van der Waals surface area contributed by atoms with Gasteiger partial charge >= 0.3 is 0 Å². The molecule has 2 bridgehead atoms. The molecule has 3 aliphatic rings. The molecule has 0 radical (unpaired) electrons. The second kappa shape index (κ2) is 11.4. The molecule has 10 heteroatoms. The van der Waals surface area contributed by atoms with Gasteiger partial charge in [-0.05, 0) is 42.2 Å². The monoisotopic (exact) mass is 633 g/mol. The van der Waals surface area contributed by atoms with Gasteiger partial charge in [0.1, 0.15) is 6.04 Å². The summed E-state index contributed by atoms with van der Waals surface area (Å²) in [6, 6.07) is 15.1. The van der Waals surface area contributed by atoms with Crippen LogP contribution in [0, 0.1) is 17.8 Å². The van der Waals surface area contributed by atoms with Crippen molar-refractivity contribution in [2.24, 2.45) is 17.8 Å². The molecule has 0 saturated carbocycles. The maximum Gasteiger partial charge on any atom is 0.248 e. The number of hydrogen-bond donors (Lipinski definition) is 3. The van der Waals surface area contributed by atoms with Gasteiger partial charge in [0.25, 0.3) is 0 Å². The third-order valence-electron chi connectivity index (χ3n) is 8.54. The van der Waals surface area contributed by atoms with Gasteiger partial charge in [0, 0.05) is 27.3 Å². The SMILES string of the molecule is CC[C@H](C)[C@H](CO)N1C(=O)[C@@H]2[C@H](C(=O)NCc3ccccc3)[C@H]3SC2(CC3Br)C1C(=O)Nc1ccc(Cl)cc1. The molecule has 39 heavy (non-hydrogen) atoms. The minimum Gasteiger partial charge on any atom is -0.394 e. The smallest absolute Gasteiger partial charge is 0.248 e. The lowest BCUT2D eigenvalue weighted by atomic mass is 9.70. The number of fused-ring (bicyclic) bond motifs is 1. The van der Waals surface area contributed by atoms with E-state index in [2.05, 4.69) is 26.6 Å². The van der Waals surface area contributed by atoms with Crippen LogP contribution >= 0.6 is 39.3 Å². The maximum absolute atomic E-state index is 14.3. The molecule has 0 aromatic heterocycles. The number of nitrogens with one attached hydrogen (secondary N) is 2. The van der Waals surface area contributed by atoms with Gasteiger partial charge in [0.2, 0.25) is 17.7 Å². The molecule has 3 unspecified atom stereocenters. The van der Waals surface area contributed by atoms with E-state index in [0.717, 1.165) is 12.0 Å². The van der Waals surface area contributed by atoms with E-state index in [1.54, 1.807) is 40.9 Å². The molecule has 5 rings (SSSR count). The van der Waals surface area contributed by atoms with Crippen molar-refractivity contribution in [3.05, 3.63) is 65.2 Å². The number of halogens is 2. The van der Waals surface area contributed by atoms with Gasteiger partial charge in [-0.2, -0.15) is 0 Å². The van der Waals surface area contributed by atoms with Crippen LogP contribution in [-0.2, 0) is 20.9 Å². The quantitative estimate of drug-likeness (QED) is 0.354. The molecule has 3 saturated heterocycles. The molecule has 3 amide bonds. The van der Waals surface area contributed by atoms with Crippen LogP contribution < -0.4 is 10.6 Å². The summed E-state index contributed by atoms with van der Waals surface area (Å²) in [5.41, 5.74) is 1.55. The minimum absolute atomic E-state index is 0.0269. The summed E-state index contributed by atoms with van der Waals surface area (Å²) in [5, 5.41) is 16.9. The van der Waals surface area contributed by atoms with E-state index < -0.39 is 28.7 Å². The zero-order valence-electron chi connectivity index (χ0n) is 21.8. The topological polar surface area (TPSA) is 98.7 Å². The Labute approximate surface area is 246 Å². The Morgan fingerprint density at radius 1 is 1.18 bits per heavy atom. The Morgan fingerprint density at radius 3 is 2.51 bits per heavy atom. The summed E-state index contributed by atoms with van der Waals surface area (Å²) in [4.78, 5) is 43.6. The van der Waals surface area contributed by atoms with Crippen LogP contribution in [0.15, 0.2) is 54.6 Å². The Balaban J connectivity index is 1.50. The first-order chi connectivity index (χ1) is 18.7. The Morgan fingerprint density at radius 2 is 1.87 bits per heavy atom. The first-order valence-electron chi connectivity index (χ1n) is 13.3. The van der Waals surface area contributed by atoms with Crippen molar-refractivity contribution in [3.63, 3.8) is 0 Å². The lowest BCUT2D eigenvalue weighted by molar-refractivity contribution is -0.143. The molecular weight excluding hydrogens is 602 g/mol. The Kier molecular flexibility index (Phi) is 8.34. The lowest BCUT2D eigenvalue weighted by Gasteiger charge is -2.39. The van der Waals surface area contributed by atoms with Crippen molar-refractivity contribution < 1.29 is 19.5 Å². The molecular formula is C29H33BrClN3O4S. The van der Waals surface area contributed by atoms with Gasteiger partial charge in [-0.1, -0.05) is 78.1 Å². The number of hydrogen-bond acceptors (Lipinski definition) is 5. The summed E-state index contributed by atoms with van der Waals surface area (Å²) >= 11 is 11.4. The highest BCUT2D eigenvalue weighted by atomic mass is 79.9. The number of thioether (sulfide) groups is 1. The van der Waals surface area contributed by atoms with E-state index in [0.29, 0.717) is 23.7 Å². The van der Waals surface area contributed by atoms with E-state index in [-0.39, 0.29) is 40.3 Å². The Hall–Kier alpha value is -2.07. The zero-order valence-corrected chi connectivity index (χ0v) is 25.0. The van der Waals surface area contributed by atoms with Crippen LogP contribution in [0.2, 0.25) is 5.02 Å². The highest BCUT2D eigenvalue weighted by molar-refractivity contribution is 9.09. The molecule has 3 aliphatic heterocycles. The number of carbonyl (C=O) groups excluding carboxylic acids is 3. The molecule has 0 aliphatic carbocycles. The van der Waals surface area contributed by atoms with Crippen molar-refractivity contribution >= 4 is 62.7 Å². The fraction of sp³-hybridized carbons (Fsp3) is 0.483. The Bertz CT molecular complexity index is 1230. The number of aliphatic hydroxyl groups excluding tert-OH is 1. The van der Waals surface area contributed by atoms with E-state index in [9.17, 15) is 19.5 Å². The van der Waals surface area contributed by atoms with Crippen LogP contribution in [0.1, 0.15) is 32.3 Å². The molecule has 7 nitrogen and oxygen atoms in total. The van der Waals surface area contributed by atoms with Crippen molar-refractivity contribution in [3.8, 4) is 0 Å². The van der Waals surface area contributed by atoms with Crippen LogP contribution in [0.4, 0.5) is 5.69 Å². The standard InChI is InChI=1S/C29H33BrClN3O4S/c1-3-16(2)21(15-35)34-25(27(37)33-19-11-9-18(31)10-12-19)29-13-20(30)24(39-29)22(23(29)28(34)38)26(36)32-14-17-7-5-4-6-8-17/h4-12,16,20-25,35H,3,13-15H2,1-2H3,(H,32,36)(H,33,37)/t16-,20?,21-,22-,23-,24-,25?,29?/m0/s1. The van der Waals surface area contributed by atoms with Crippen LogP contribution in [0.3, 0.4) is 0 Å². The molecule has 208 valence electrons. The summed E-state index contributed by atoms with van der Waals surface area (Å²) in [6.45, 7) is 4.09. The second-order valence-electron chi connectivity index (χ2n) is 10.7. The highest BCUT2D eigenvalue weighted by Gasteiger charge is 2.76. The molecule has 2 aromatic carbocycles. The third kappa shape index (κ3) is 5.00. The van der Waals surface area contributed by atoms with Crippen LogP contribution in [0.25, 0.3) is 0 Å². The average Bonchev–Trinajstić information content (AvgIpc) is 3.53. The number of amides is 3. The van der Waals surface area contributed by atoms with Crippen molar-refractivity contribution in [1.29, 1.82) is 0 Å². The molecule has 3 N–H and O–H groups in total. The predicted octanol–water partition coefficient (Wildman–Crippen LogP) is 4.47. The lowest BCUT2D eigenvalue weighted by Crippen LogP contribution is -2.56. The highest BCUT2D eigenvalue weighted by Crippen LogP contribution is 2.68. The molecule has 8 atom stereocenters. The number of aliphatic hydroxyl groups is 1. The van der Waals surface area contributed by atoms with Gasteiger partial charge in [-0.3, -0.25) is 14.4 Å². The fourth-order valence-electron chi connectivity index (χ4n) is 6.49. The van der Waals surface area contributed by atoms with Gasteiger partial charge in [-0.15, -0.1) is 11.8 Å². The first-order valence-corrected chi connectivity index (χ1v) is 15.5. The van der Waals surface area contributed by atoms with E-state index in [1.807, 2.05) is 44.2 Å². The maximum atomic E-state index is 14.3. The normalized spacial score (nSPS) is 30.6. The zero-order chi connectivity index (χ0) is 27.9. The second-order valence-corrected chi connectivity index (χ2v) is 13.9. The number of likely N-dealkylation sites (tertiary alicyclic amines) is 1. The van der Waals surface area contributed by atoms with Crippen molar-refractivity contribution in [2.45, 2.75) is 60.1 Å². The van der Waals surface area contributed by atoms with Gasteiger partial charge in [-0.25, -0.2) is 0 Å². The van der Waals surface area contributed by atoms with Gasteiger partial charge in [0.05, 0.1) is 29.2 Å². The minimum atomic E-state index is -0.834. The average molecular weight is 635 g/mol. The molecule has 1 spiro atoms. The van der Waals surface area contributed by atoms with Crippen molar-refractivity contribution in [2.75, 3.05) is 11.9 Å². The van der Waals surface area contributed by atoms with Crippen LogP contribution in [-0.4, -0.2) is 61.2 Å². The van der Waals surface area contributed by atoms with E-state index >= 15 is 0 Å². The van der Waals surface area contributed by atoms with E-state index in [1.165, 1.54) is 0 Å². The fourth-order valence-corrected chi connectivity index (χ4v) is 10.2. The van der Waals surface area contributed by atoms with Gasteiger partial charge in [0.15, 0.2) is 0 Å². The predicted molar refractivity (Wildman–Crippen MR) is 158 cm³/mol. The van der Waals surface area contributed by atoms with E-state index in [4.69, 9.17) is 11.6 Å². The summed E-state index contributed by atoms with van der Waals surface area (Å²) in [5.74, 6) is -1.99. The number of anilines is 1. The number of benzene rings is 2. The first kappa shape index (κ1) is 28.5. The largest absolute Gasteiger partial charge is 0.394 e. The summed E-state index contributed by atoms with van der Waals surface area (Å²) < 4.78 is -0.790. The number of nitrogens with zero attached hydrogens (tertiary/aromatic N) is 1. The molecule has 2 aromatic rings. The number of carbonyl (C=O) groups is 3. The summed E-state index contributed by atoms with van der Waals surface area (Å²) in [6.07, 6.45) is 1.31. The third-order valence-corrected chi connectivity index (χ3v) is 12.0. The molecule has 3 fully saturated rings. The number of rotatable bonds is 9.